The molecule has 0 aliphatic heterocycles. The van der Waals surface area contributed by atoms with Gasteiger partial charge < -0.3 is 0 Å². The molecule has 0 bridgehead atoms. The minimum absolute atomic E-state index is 0.0513. The van der Waals surface area contributed by atoms with E-state index in [0.29, 0.717) is 25.6 Å². The van der Waals surface area contributed by atoms with Crippen LogP contribution >= 0.6 is 31.9 Å². The van der Waals surface area contributed by atoms with E-state index in [4.69, 9.17) is 0 Å². The Bertz CT molecular complexity index is 1090. The standard InChI is InChI=1S/C24H22Br2F6O2S/c1-14(12-35(34)13-23(27,28)29)7-22(33)20-5-3-16(8-15(20)2)4-6-21(24(30,31)32)17-9-18(25)11-19(26)10-17/h3-6,8-11,14,21H,7,12-13H2,1-2H3/b6-4+/t14-,21?,35?/m0/s1. The van der Waals surface area contributed by atoms with Crippen molar-refractivity contribution in [2.24, 2.45) is 5.92 Å². The predicted molar refractivity (Wildman–Crippen MR) is 133 cm³/mol. The fourth-order valence-electron chi connectivity index (χ4n) is 3.52. The second kappa shape index (κ2) is 12.2. The summed E-state index contributed by atoms with van der Waals surface area (Å²) < 4.78 is 90.8. The zero-order chi connectivity index (χ0) is 26.6. The van der Waals surface area contributed by atoms with Gasteiger partial charge in [0.15, 0.2) is 5.78 Å². The molecular weight excluding hydrogens is 626 g/mol. The molecule has 0 radical (unpaired) electrons. The molecule has 35 heavy (non-hydrogen) atoms. The smallest absolute Gasteiger partial charge is 0.294 e. The first-order chi connectivity index (χ1) is 16.0. The minimum atomic E-state index is -4.53. The van der Waals surface area contributed by atoms with Crippen molar-refractivity contribution in [3.05, 3.63) is 73.7 Å². The van der Waals surface area contributed by atoms with Gasteiger partial charge in [-0.15, -0.1) is 0 Å². The molecule has 0 amide bonds. The summed E-state index contributed by atoms with van der Waals surface area (Å²) in [6.45, 7) is 3.18. The summed E-state index contributed by atoms with van der Waals surface area (Å²) in [6.07, 6.45) is -6.77. The third-order valence-electron chi connectivity index (χ3n) is 4.96. The second-order valence-electron chi connectivity index (χ2n) is 8.25. The second-order valence-corrected chi connectivity index (χ2v) is 11.6. The van der Waals surface area contributed by atoms with E-state index in [1.165, 1.54) is 30.3 Å². The van der Waals surface area contributed by atoms with Gasteiger partial charge in [-0.3, -0.25) is 9.00 Å². The largest absolute Gasteiger partial charge is 0.400 e. The molecule has 2 unspecified atom stereocenters. The molecule has 2 aromatic carbocycles. The highest BCUT2D eigenvalue weighted by Crippen LogP contribution is 2.38. The maximum Gasteiger partial charge on any atom is 0.400 e. The van der Waals surface area contributed by atoms with Crippen LogP contribution in [0.4, 0.5) is 26.3 Å². The predicted octanol–water partition coefficient (Wildman–Crippen LogP) is 8.40. The lowest BCUT2D eigenvalue weighted by Gasteiger charge is -2.18. The van der Waals surface area contributed by atoms with Crippen LogP contribution in [0.2, 0.25) is 0 Å². The third-order valence-corrected chi connectivity index (χ3v) is 7.46. The van der Waals surface area contributed by atoms with Crippen LogP contribution in [-0.2, 0) is 10.8 Å². The van der Waals surface area contributed by atoms with Crippen molar-refractivity contribution < 1.29 is 35.3 Å². The normalized spacial score (nSPS) is 15.3. The number of rotatable bonds is 9. The van der Waals surface area contributed by atoms with Crippen LogP contribution in [0, 0.1) is 12.8 Å². The van der Waals surface area contributed by atoms with Crippen LogP contribution in [0.3, 0.4) is 0 Å². The van der Waals surface area contributed by atoms with Crippen LogP contribution in [0.5, 0.6) is 0 Å². The molecule has 0 heterocycles. The van der Waals surface area contributed by atoms with Gasteiger partial charge in [0.05, 0.1) is 5.92 Å². The number of halogens is 8. The first-order valence-electron chi connectivity index (χ1n) is 10.3. The van der Waals surface area contributed by atoms with Crippen LogP contribution in [0.1, 0.15) is 46.3 Å². The van der Waals surface area contributed by atoms with E-state index >= 15 is 0 Å². The van der Waals surface area contributed by atoms with Gasteiger partial charge in [-0.2, -0.15) is 26.3 Å². The third kappa shape index (κ3) is 9.84. The van der Waals surface area contributed by atoms with Crippen molar-refractivity contribution in [2.75, 3.05) is 11.5 Å². The van der Waals surface area contributed by atoms with Gasteiger partial charge in [0, 0.05) is 37.5 Å². The molecular formula is C24H22Br2F6O2S. The van der Waals surface area contributed by atoms with Gasteiger partial charge in [0.1, 0.15) is 5.75 Å². The van der Waals surface area contributed by atoms with Gasteiger partial charge in [0.25, 0.3) is 0 Å². The summed E-state index contributed by atoms with van der Waals surface area (Å²) in [5.74, 6) is -4.38. The molecule has 0 N–H and O–H groups in total. The zero-order valence-corrected chi connectivity index (χ0v) is 22.6. The van der Waals surface area contributed by atoms with Crippen LogP contribution in [-0.4, -0.2) is 33.9 Å². The van der Waals surface area contributed by atoms with E-state index in [9.17, 15) is 35.3 Å². The lowest BCUT2D eigenvalue weighted by atomic mass is 9.94. The summed E-state index contributed by atoms with van der Waals surface area (Å²) in [5.41, 5.74) is 1.35. The molecule has 3 atom stereocenters. The number of benzene rings is 2. The number of hydrogen-bond donors (Lipinski definition) is 0. The van der Waals surface area contributed by atoms with E-state index in [-0.39, 0.29) is 23.5 Å². The molecule has 0 aliphatic carbocycles. The number of Topliss-reactive ketones (excluding diaryl/α,β-unsaturated/α-hetero) is 1. The van der Waals surface area contributed by atoms with Crippen LogP contribution in [0.25, 0.3) is 6.08 Å². The summed E-state index contributed by atoms with van der Waals surface area (Å²) in [5, 5.41) is 0. The highest BCUT2D eigenvalue weighted by molar-refractivity contribution is 9.11. The SMILES string of the molecule is Cc1cc(/C=C/C(c2cc(Br)cc(Br)c2)C(F)(F)F)ccc1C(=O)C[C@H](C)CS(=O)CC(F)(F)F. The molecule has 0 fully saturated rings. The molecule has 2 aromatic rings. The molecule has 0 aromatic heterocycles. The number of alkyl halides is 6. The Morgan fingerprint density at radius 1 is 1.03 bits per heavy atom. The summed E-state index contributed by atoms with van der Waals surface area (Å²) in [4.78, 5) is 12.6. The number of allylic oxidation sites excluding steroid dienone is 1. The lowest BCUT2D eigenvalue weighted by molar-refractivity contribution is -0.139. The Hall–Kier alpha value is -1.46. The van der Waals surface area contributed by atoms with E-state index in [1.54, 1.807) is 26.0 Å². The van der Waals surface area contributed by atoms with Gasteiger partial charge >= 0.3 is 12.4 Å². The fraction of sp³-hybridized carbons (Fsp3) is 0.375. The Labute approximate surface area is 218 Å². The Morgan fingerprint density at radius 3 is 2.14 bits per heavy atom. The molecule has 0 aliphatic rings. The van der Waals surface area contributed by atoms with Crippen LogP contribution in [0.15, 0.2) is 51.4 Å². The highest BCUT2D eigenvalue weighted by atomic mass is 79.9. The quantitative estimate of drug-likeness (QED) is 0.202. The van der Waals surface area contributed by atoms with Crippen LogP contribution < -0.4 is 0 Å². The number of hydrogen-bond acceptors (Lipinski definition) is 2. The lowest BCUT2D eigenvalue weighted by Crippen LogP contribution is -2.23. The molecule has 0 saturated carbocycles. The molecule has 2 rings (SSSR count). The van der Waals surface area contributed by atoms with Crippen molar-refractivity contribution in [3.8, 4) is 0 Å². The molecule has 2 nitrogen and oxygen atoms in total. The van der Waals surface area contributed by atoms with Gasteiger partial charge in [0.2, 0.25) is 0 Å². The average molecular weight is 648 g/mol. The van der Waals surface area contributed by atoms with Gasteiger partial charge in [-0.1, -0.05) is 69.1 Å². The topological polar surface area (TPSA) is 34.1 Å². The van der Waals surface area contributed by atoms with E-state index in [2.05, 4.69) is 31.9 Å². The first-order valence-corrected chi connectivity index (χ1v) is 13.4. The van der Waals surface area contributed by atoms with Gasteiger partial charge in [-0.05, 0) is 47.7 Å². The minimum Gasteiger partial charge on any atom is -0.294 e. The van der Waals surface area contributed by atoms with E-state index in [0.717, 1.165) is 6.08 Å². The van der Waals surface area contributed by atoms with Crippen molar-refractivity contribution in [1.82, 2.24) is 0 Å². The Balaban J connectivity index is 2.15. The first kappa shape index (κ1) is 29.8. The molecule has 11 heteroatoms. The van der Waals surface area contributed by atoms with Crippen molar-refractivity contribution >= 4 is 54.5 Å². The van der Waals surface area contributed by atoms with E-state index < -0.39 is 40.7 Å². The maximum atomic E-state index is 13.7. The van der Waals surface area contributed by atoms with Gasteiger partial charge in [-0.25, -0.2) is 0 Å². The Morgan fingerprint density at radius 2 is 1.63 bits per heavy atom. The number of carbonyl (C=O) groups excluding carboxylic acids is 1. The monoisotopic (exact) mass is 646 g/mol. The highest BCUT2D eigenvalue weighted by Gasteiger charge is 2.39. The van der Waals surface area contributed by atoms with E-state index in [1.807, 2.05) is 0 Å². The Kier molecular flexibility index (Phi) is 10.4. The zero-order valence-electron chi connectivity index (χ0n) is 18.6. The molecule has 0 saturated heterocycles. The number of carbonyl (C=O) groups is 1. The fourth-order valence-corrected chi connectivity index (χ4v) is 6.08. The summed E-state index contributed by atoms with van der Waals surface area (Å²) in [7, 11) is -2.12. The van der Waals surface area contributed by atoms with Crippen molar-refractivity contribution in [3.63, 3.8) is 0 Å². The molecule has 0 spiro atoms. The maximum absolute atomic E-state index is 13.7. The summed E-state index contributed by atoms with van der Waals surface area (Å²) in [6, 6.07) is 8.98. The summed E-state index contributed by atoms with van der Waals surface area (Å²) >= 11 is 6.39. The van der Waals surface area contributed by atoms with Crippen molar-refractivity contribution in [2.45, 2.75) is 38.5 Å². The molecule has 192 valence electrons. The van der Waals surface area contributed by atoms with Crippen molar-refractivity contribution in [1.29, 1.82) is 0 Å². The number of aryl methyl sites for hydroxylation is 1. The average Bonchev–Trinajstić information content (AvgIpc) is 2.64. The number of ketones is 1.